The highest BCUT2D eigenvalue weighted by atomic mass is 19.1. The monoisotopic (exact) mass is 286 g/mol. The molecule has 2 N–H and O–H groups in total. The number of rotatable bonds is 7. The summed E-state index contributed by atoms with van der Waals surface area (Å²) in [4.78, 5) is 23.8. The zero-order valence-electron chi connectivity index (χ0n) is 11.0. The lowest BCUT2D eigenvalue weighted by molar-refractivity contribution is -0.138. The van der Waals surface area contributed by atoms with Gasteiger partial charge in [-0.2, -0.15) is 0 Å². The van der Waals surface area contributed by atoms with Crippen molar-refractivity contribution in [2.24, 2.45) is 0 Å². The average molecular weight is 286 g/mol. The van der Waals surface area contributed by atoms with Crippen molar-refractivity contribution < 1.29 is 23.5 Å². The fourth-order valence-electron chi connectivity index (χ4n) is 1.75. The maximum absolute atomic E-state index is 13.0. The van der Waals surface area contributed by atoms with Crippen LogP contribution in [0.3, 0.4) is 0 Å². The van der Waals surface area contributed by atoms with E-state index in [0.717, 1.165) is 12.1 Å². The van der Waals surface area contributed by atoms with Crippen molar-refractivity contribution in [3.8, 4) is 0 Å². The molecule has 0 radical (unpaired) electrons. The number of halogens is 2. The summed E-state index contributed by atoms with van der Waals surface area (Å²) in [6.07, 6.45) is 0.690. The first-order chi connectivity index (χ1) is 9.40. The van der Waals surface area contributed by atoms with E-state index >= 15 is 0 Å². The SMILES string of the molecule is CCCN(CC(=O)O)CC(=O)Nc1cc(F)cc(F)c1. The van der Waals surface area contributed by atoms with Gasteiger partial charge in [-0.1, -0.05) is 6.92 Å². The van der Waals surface area contributed by atoms with E-state index in [1.807, 2.05) is 6.92 Å². The molecular formula is C13H16F2N2O3. The van der Waals surface area contributed by atoms with E-state index in [-0.39, 0.29) is 18.8 Å². The van der Waals surface area contributed by atoms with E-state index in [1.54, 1.807) is 0 Å². The molecule has 0 atom stereocenters. The number of amides is 1. The van der Waals surface area contributed by atoms with Gasteiger partial charge in [0.2, 0.25) is 5.91 Å². The van der Waals surface area contributed by atoms with Gasteiger partial charge in [0.15, 0.2) is 0 Å². The van der Waals surface area contributed by atoms with Crippen molar-refractivity contribution in [3.63, 3.8) is 0 Å². The van der Waals surface area contributed by atoms with Gasteiger partial charge >= 0.3 is 5.97 Å². The minimum atomic E-state index is -1.04. The van der Waals surface area contributed by atoms with Crippen LogP contribution in [0.5, 0.6) is 0 Å². The molecule has 0 aliphatic rings. The summed E-state index contributed by atoms with van der Waals surface area (Å²) >= 11 is 0. The van der Waals surface area contributed by atoms with E-state index in [1.165, 1.54) is 4.90 Å². The van der Waals surface area contributed by atoms with E-state index in [4.69, 9.17) is 5.11 Å². The van der Waals surface area contributed by atoms with Crippen molar-refractivity contribution in [2.45, 2.75) is 13.3 Å². The number of aliphatic carboxylic acids is 1. The molecule has 1 aromatic rings. The van der Waals surface area contributed by atoms with Crippen LogP contribution in [0.2, 0.25) is 0 Å². The Balaban J connectivity index is 2.62. The summed E-state index contributed by atoms with van der Waals surface area (Å²) in [5, 5.41) is 11.0. The van der Waals surface area contributed by atoms with Crippen LogP contribution in [0.25, 0.3) is 0 Å². The Kier molecular flexibility index (Phi) is 6.05. The van der Waals surface area contributed by atoms with Crippen molar-refractivity contribution in [1.29, 1.82) is 0 Å². The van der Waals surface area contributed by atoms with Crippen molar-refractivity contribution in [2.75, 3.05) is 25.0 Å². The second kappa shape index (κ2) is 7.54. The standard InChI is InChI=1S/C13H16F2N2O3/c1-2-3-17(8-13(19)20)7-12(18)16-11-5-9(14)4-10(15)6-11/h4-6H,2-3,7-8H2,1H3,(H,16,18)(H,19,20). The van der Waals surface area contributed by atoms with E-state index < -0.39 is 23.5 Å². The fourth-order valence-corrected chi connectivity index (χ4v) is 1.75. The van der Waals surface area contributed by atoms with E-state index in [2.05, 4.69) is 5.32 Å². The molecule has 1 amide bonds. The largest absolute Gasteiger partial charge is 0.480 e. The van der Waals surface area contributed by atoms with Gasteiger partial charge in [-0.25, -0.2) is 8.78 Å². The molecule has 0 aliphatic carbocycles. The number of carbonyl (C=O) groups is 2. The zero-order chi connectivity index (χ0) is 15.1. The van der Waals surface area contributed by atoms with Gasteiger partial charge in [0.25, 0.3) is 0 Å². The summed E-state index contributed by atoms with van der Waals surface area (Å²) in [6.45, 7) is 1.88. The molecule has 0 heterocycles. The molecule has 20 heavy (non-hydrogen) atoms. The third-order valence-electron chi connectivity index (χ3n) is 2.41. The summed E-state index contributed by atoms with van der Waals surface area (Å²) in [7, 11) is 0. The predicted molar refractivity (Wildman–Crippen MR) is 69.4 cm³/mol. The van der Waals surface area contributed by atoms with Crippen molar-refractivity contribution in [3.05, 3.63) is 29.8 Å². The van der Waals surface area contributed by atoms with Crippen LogP contribution in [-0.4, -0.2) is 41.5 Å². The van der Waals surface area contributed by atoms with Crippen LogP contribution in [0.4, 0.5) is 14.5 Å². The molecule has 1 rings (SSSR count). The maximum Gasteiger partial charge on any atom is 0.317 e. The minimum Gasteiger partial charge on any atom is -0.480 e. The first kappa shape index (κ1) is 16.0. The van der Waals surface area contributed by atoms with Crippen LogP contribution in [0.15, 0.2) is 18.2 Å². The van der Waals surface area contributed by atoms with Crippen molar-refractivity contribution in [1.82, 2.24) is 4.90 Å². The molecule has 1 aromatic carbocycles. The lowest BCUT2D eigenvalue weighted by Gasteiger charge is -2.18. The number of hydrogen-bond donors (Lipinski definition) is 2. The Morgan fingerprint density at radius 1 is 1.20 bits per heavy atom. The number of nitrogens with one attached hydrogen (secondary N) is 1. The summed E-state index contributed by atoms with van der Waals surface area (Å²) in [5.74, 6) is -3.15. The smallest absolute Gasteiger partial charge is 0.317 e. The molecule has 0 bridgehead atoms. The second-order valence-electron chi connectivity index (χ2n) is 4.31. The Bertz CT molecular complexity index is 474. The van der Waals surface area contributed by atoms with Gasteiger partial charge in [-0.3, -0.25) is 14.5 Å². The number of carboxylic acid groups (broad SMARTS) is 1. The Hall–Kier alpha value is -2.02. The fraction of sp³-hybridized carbons (Fsp3) is 0.385. The first-order valence-corrected chi connectivity index (χ1v) is 6.10. The molecule has 0 aliphatic heterocycles. The summed E-state index contributed by atoms with van der Waals surface area (Å²) in [5.41, 5.74) is -0.000673. The number of carbonyl (C=O) groups excluding carboxylic acids is 1. The third-order valence-corrected chi connectivity index (χ3v) is 2.41. The molecule has 0 fully saturated rings. The third kappa shape index (κ3) is 5.75. The van der Waals surface area contributed by atoms with Crippen LogP contribution in [0, 0.1) is 11.6 Å². The van der Waals surface area contributed by atoms with Crippen LogP contribution < -0.4 is 5.32 Å². The Labute approximate surface area is 115 Å². The highest BCUT2D eigenvalue weighted by molar-refractivity contribution is 5.92. The van der Waals surface area contributed by atoms with Gasteiger partial charge in [-0.15, -0.1) is 0 Å². The molecule has 5 nitrogen and oxygen atoms in total. The highest BCUT2D eigenvalue weighted by Crippen LogP contribution is 2.12. The average Bonchev–Trinajstić information content (AvgIpc) is 2.26. The maximum atomic E-state index is 13.0. The van der Waals surface area contributed by atoms with Crippen molar-refractivity contribution >= 4 is 17.6 Å². The minimum absolute atomic E-state index is 0.000673. The normalized spacial score (nSPS) is 10.6. The van der Waals surface area contributed by atoms with Gasteiger partial charge in [0.1, 0.15) is 11.6 Å². The van der Waals surface area contributed by atoms with E-state index in [9.17, 15) is 18.4 Å². The summed E-state index contributed by atoms with van der Waals surface area (Å²) < 4.78 is 25.9. The first-order valence-electron chi connectivity index (χ1n) is 6.10. The summed E-state index contributed by atoms with van der Waals surface area (Å²) in [6, 6.07) is 2.67. The zero-order valence-corrected chi connectivity index (χ0v) is 11.0. The van der Waals surface area contributed by atoms with Gasteiger partial charge < -0.3 is 10.4 Å². The number of benzene rings is 1. The highest BCUT2D eigenvalue weighted by Gasteiger charge is 2.13. The predicted octanol–water partition coefficient (Wildman–Crippen LogP) is 1.70. The van der Waals surface area contributed by atoms with Gasteiger partial charge in [0.05, 0.1) is 13.1 Å². The molecule has 0 saturated heterocycles. The molecular weight excluding hydrogens is 270 g/mol. The second-order valence-corrected chi connectivity index (χ2v) is 4.31. The van der Waals surface area contributed by atoms with E-state index in [0.29, 0.717) is 19.0 Å². The number of nitrogens with zero attached hydrogens (tertiary/aromatic N) is 1. The van der Waals surface area contributed by atoms with Crippen LogP contribution >= 0.6 is 0 Å². The molecule has 0 unspecified atom stereocenters. The molecule has 110 valence electrons. The molecule has 0 saturated carbocycles. The number of carboxylic acids is 1. The quantitative estimate of drug-likeness (QED) is 0.800. The molecule has 7 heteroatoms. The van der Waals surface area contributed by atoms with Crippen LogP contribution in [0.1, 0.15) is 13.3 Å². The topological polar surface area (TPSA) is 69.6 Å². The lowest BCUT2D eigenvalue weighted by Crippen LogP contribution is -2.37. The van der Waals surface area contributed by atoms with Gasteiger partial charge in [-0.05, 0) is 25.1 Å². The molecule has 0 aromatic heterocycles. The molecule has 0 spiro atoms. The lowest BCUT2D eigenvalue weighted by atomic mass is 10.3. The Morgan fingerprint density at radius 3 is 2.30 bits per heavy atom. The number of anilines is 1. The number of hydrogen-bond acceptors (Lipinski definition) is 3. The van der Waals surface area contributed by atoms with Crippen LogP contribution in [-0.2, 0) is 9.59 Å². The Morgan fingerprint density at radius 2 is 1.80 bits per heavy atom. The van der Waals surface area contributed by atoms with Gasteiger partial charge in [0, 0.05) is 11.8 Å².